The second-order valence-corrected chi connectivity index (χ2v) is 11.9. The molecule has 1 fully saturated rings. The first kappa shape index (κ1) is 39.0. The molecule has 4 heterocycles. The molecule has 52 heavy (non-hydrogen) atoms. The van der Waals surface area contributed by atoms with Crippen LogP contribution < -0.4 is 32.9 Å². The number of aliphatic carboxylic acids is 2. The number of hydrogen-bond donors (Lipinski definition) is 8. The number of aromatic amines is 1. The fourth-order valence-corrected chi connectivity index (χ4v) is 5.26. The number of carboxylic acids is 2. The Bertz CT molecular complexity index is 2070. The smallest absolute Gasteiger partial charge is 0.330 e. The van der Waals surface area contributed by atoms with Crippen molar-refractivity contribution in [3.63, 3.8) is 0 Å². The van der Waals surface area contributed by atoms with Crippen molar-refractivity contribution in [3.8, 4) is 0 Å². The van der Waals surface area contributed by atoms with Gasteiger partial charge < -0.3 is 46.8 Å². The normalized spacial score (nSPS) is 17.3. The number of amides is 1. The summed E-state index contributed by atoms with van der Waals surface area (Å²) in [6.07, 6.45) is 1.71. The van der Waals surface area contributed by atoms with Gasteiger partial charge in [-0.15, -0.1) is 0 Å². The number of nitrogen functional groups attached to an aromatic ring is 2. The molecule has 4 aromatic rings. The van der Waals surface area contributed by atoms with Gasteiger partial charge in [0, 0.05) is 37.3 Å². The van der Waals surface area contributed by atoms with Crippen molar-refractivity contribution >= 4 is 68.5 Å². The van der Waals surface area contributed by atoms with Crippen LogP contribution in [0.5, 0.6) is 0 Å². The summed E-state index contributed by atoms with van der Waals surface area (Å²) in [5, 5.41) is 38.9. The van der Waals surface area contributed by atoms with Crippen LogP contribution in [0.15, 0.2) is 51.2 Å². The van der Waals surface area contributed by atoms with Crippen molar-refractivity contribution in [2.45, 2.75) is 50.3 Å². The van der Waals surface area contributed by atoms with E-state index in [1.54, 1.807) is 18.3 Å². The number of anilines is 3. The van der Waals surface area contributed by atoms with E-state index in [-0.39, 0.29) is 48.8 Å². The first-order chi connectivity index (χ1) is 24.7. The highest BCUT2D eigenvalue weighted by molar-refractivity contribution is 9.11. The molecule has 0 aliphatic carbocycles. The summed E-state index contributed by atoms with van der Waals surface area (Å²) in [4.78, 5) is 79.6. The zero-order chi connectivity index (χ0) is 38.1. The van der Waals surface area contributed by atoms with Crippen LogP contribution in [0.25, 0.3) is 17.2 Å². The fourth-order valence-electron chi connectivity index (χ4n) is 4.98. The number of hydrogen-bond acceptors (Lipinski definition) is 15. The number of aliphatic hydroxyl groups is 2. The van der Waals surface area contributed by atoms with E-state index in [0.29, 0.717) is 23.4 Å². The number of fused-ring (bicyclic) bond motifs is 1. The van der Waals surface area contributed by atoms with Gasteiger partial charge in [-0.05, 0) is 41.7 Å². The Morgan fingerprint density at radius 2 is 1.88 bits per heavy atom. The van der Waals surface area contributed by atoms with Crippen LogP contribution >= 0.6 is 15.9 Å². The van der Waals surface area contributed by atoms with E-state index >= 15 is 0 Å². The Balaban J connectivity index is 0.000000269. The van der Waals surface area contributed by atoms with Gasteiger partial charge >= 0.3 is 17.6 Å². The molecule has 20 nitrogen and oxygen atoms in total. The number of carboxylic acid groups (broad SMARTS) is 2. The minimum absolute atomic E-state index is 0.0138. The summed E-state index contributed by atoms with van der Waals surface area (Å²) in [6.45, 7) is 0.0402. The molecule has 1 aliphatic heterocycles. The monoisotopic (exact) mass is 786 g/mol. The van der Waals surface area contributed by atoms with Gasteiger partial charge in [0.05, 0.1) is 36.7 Å². The van der Waals surface area contributed by atoms with Gasteiger partial charge in [0.15, 0.2) is 17.0 Å². The summed E-state index contributed by atoms with van der Waals surface area (Å²) in [7, 11) is 1.82. The molecule has 3 aromatic heterocycles. The molecule has 276 valence electrons. The first-order valence-corrected chi connectivity index (χ1v) is 16.3. The molecule has 1 aliphatic rings. The second-order valence-electron chi connectivity index (χ2n) is 11.4. The van der Waals surface area contributed by atoms with Gasteiger partial charge in [-0.2, -0.15) is 9.97 Å². The highest BCUT2D eigenvalue weighted by atomic mass is 79.9. The van der Waals surface area contributed by atoms with E-state index in [4.69, 9.17) is 26.4 Å². The Labute approximate surface area is 301 Å². The number of ether oxygens (including phenoxy) is 1. The Kier molecular flexibility index (Phi) is 13.1. The van der Waals surface area contributed by atoms with E-state index in [2.05, 4.69) is 46.2 Å². The van der Waals surface area contributed by atoms with Crippen LogP contribution in [-0.2, 0) is 20.9 Å². The van der Waals surface area contributed by atoms with Crippen molar-refractivity contribution in [2.24, 2.45) is 0 Å². The summed E-state index contributed by atoms with van der Waals surface area (Å²) in [5.74, 6) is -2.91. The lowest BCUT2D eigenvalue weighted by Crippen LogP contribution is -2.41. The zero-order valence-electron chi connectivity index (χ0n) is 27.4. The number of carbonyl (C=O) groups excluding carboxylic acids is 1. The van der Waals surface area contributed by atoms with E-state index < -0.39 is 53.6 Å². The first-order valence-electron chi connectivity index (χ1n) is 15.4. The highest BCUT2D eigenvalue weighted by Crippen LogP contribution is 2.27. The maximum Gasteiger partial charge on any atom is 0.330 e. The molecule has 1 saturated heterocycles. The molecule has 10 N–H and O–H groups in total. The lowest BCUT2D eigenvalue weighted by atomic mass is 10.1. The predicted molar refractivity (Wildman–Crippen MR) is 189 cm³/mol. The third-order valence-electron chi connectivity index (χ3n) is 7.65. The molecule has 0 spiro atoms. The van der Waals surface area contributed by atoms with Gasteiger partial charge in [0.25, 0.3) is 11.5 Å². The Morgan fingerprint density at radius 1 is 1.17 bits per heavy atom. The van der Waals surface area contributed by atoms with E-state index in [9.17, 15) is 34.2 Å². The Hall–Kier alpha value is -5.77. The Morgan fingerprint density at radius 3 is 2.50 bits per heavy atom. The number of H-pyrrole nitrogens is 1. The van der Waals surface area contributed by atoms with Crippen LogP contribution in [0, 0.1) is 0 Å². The predicted octanol–water partition coefficient (Wildman–Crippen LogP) is -0.189. The minimum atomic E-state index is -1.30. The van der Waals surface area contributed by atoms with Crippen LogP contribution in [0.2, 0.25) is 0 Å². The molecule has 0 radical (unpaired) electrons. The average Bonchev–Trinajstić information content (AvgIpc) is 3.48. The minimum Gasteiger partial charge on any atom is -0.481 e. The number of carbonyl (C=O) groups is 3. The molecule has 5 rings (SSSR count). The molecule has 0 bridgehead atoms. The molecular formula is C31H35BrN10O10. The lowest BCUT2D eigenvalue weighted by Gasteiger charge is -2.19. The van der Waals surface area contributed by atoms with Crippen LogP contribution in [0.1, 0.15) is 47.1 Å². The number of nitrogens with one attached hydrogen (secondary N) is 2. The number of aromatic nitrogens is 6. The summed E-state index contributed by atoms with van der Waals surface area (Å²) < 4.78 is 6.56. The van der Waals surface area contributed by atoms with Gasteiger partial charge in [-0.3, -0.25) is 23.9 Å². The largest absolute Gasteiger partial charge is 0.481 e. The molecule has 4 atom stereocenters. The summed E-state index contributed by atoms with van der Waals surface area (Å²) in [5.41, 5.74) is 12.8. The quantitative estimate of drug-likeness (QED) is 0.0922. The van der Waals surface area contributed by atoms with Crippen LogP contribution in [-0.4, -0.2) is 99.7 Å². The molecule has 1 aromatic carbocycles. The van der Waals surface area contributed by atoms with Gasteiger partial charge in [-0.1, -0.05) is 15.9 Å². The number of nitrogens with two attached hydrogens (primary N) is 2. The van der Waals surface area contributed by atoms with E-state index in [0.717, 1.165) is 5.69 Å². The van der Waals surface area contributed by atoms with Crippen molar-refractivity contribution in [1.29, 1.82) is 0 Å². The fraction of sp³-hybridized carbons (Fsp3) is 0.323. The van der Waals surface area contributed by atoms with Crippen LogP contribution in [0.3, 0.4) is 0 Å². The molecule has 1 amide bonds. The zero-order valence-corrected chi connectivity index (χ0v) is 29.0. The van der Waals surface area contributed by atoms with Crippen molar-refractivity contribution < 1.29 is 39.5 Å². The van der Waals surface area contributed by atoms with E-state index in [1.807, 2.05) is 11.9 Å². The average molecular weight is 788 g/mol. The number of rotatable bonds is 12. The highest BCUT2D eigenvalue weighted by Gasteiger charge is 2.35. The summed E-state index contributed by atoms with van der Waals surface area (Å²) in [6, 6.07) is 5.16. The van der Waals surface area contributed by atoms with E-state index in [1.165, 1.54) is 34.0 Å². The van der Waals surface area contributed by atoms with Crippen LogP contribution in [0.4, 0.5) is 17.5 Å². The number of halogens is 1. The molecule has 21 heteroatoms. The molecule has 0 saturated carbocycles. The third kappa shape index (κ3) is 9.93. The molecule has 0 unspecified atom stereocenters. The van der Waals surface area contributed by atoms with Gasteiger partial charge in [0.1, 0.15) is 18.4 Å². The van der Waals surface area contributed by atoms with Gasteiger partial charge in [0.2, 0.25) is 5.95 Å². The summed E-state index contributed by atoms with van der Waals surface area (Å²) >= 11 is 3.05. The van der Waals surface area contributed by atoms with Crippen molar-refractivity contribution in [2.75, 3.05) is 30.0 Å². The number of aliphatic hydroxyl groups excluding tert-OH is 2. The second kappa shape index (κ2) is 17.4. The maximum atomic E-state index is 12.4. The molecular weight excluding hydrogens is 752 g/mol. The topological polar surface area (TPSA) is 315 Å². The van der Waals surface area contributed by atoms with Crippen molar-refractivity contribution in [3.05, 3.63) is 79.3 Å². The SMILES string of the molecule is CN(Cc1cnc2nc(N)nc(N)c2n1)c1ccc(C(=O)N[C@@H](CCC(=O)O)C(=O)O)cc1.O=c1[nH]c(=O)n([C@H]2C[C@H](O)[C@@H](CO)O2)cc1/C=C/Br. The maximum absolute atomic E-state index is 12.4. The standard InChI is InChI=1S/C20H22N8O5.C11H13BrN2O5/c1-28(9-11-8-23-17-15(24-11)16(21)26-20(22)27-17)12-4-2-10(3-5-12)18(31)25-13(19(32)33)6-7-14(29)30;12-2-1-6-4-14(11(18)13-10(6)17)9-3-7(16)8(5-15)19-9/h2-5,8,13H,6-7,9H2,1H3,(H,25,31)(H,29,30)(H,32,33)(H4,21,22,23,26,27);1-2,4,7-9,15-16H,3,5H2,(H,13,17,18)/b;2-1+/t13-;7-,8+,9+/m00/s1. The lowest BCUT2D eigenvalue weighted by molar-refractivity contribution is -0.140. The number of benzene rings is 1. The number of nitrogens with zero attached hydrogens (tertiary/aromatic N) is 6. The third-order valence-corrected chi connectivity index (χ3v) is 7.92. The van der Waals surface area contributed by atoms with Gasteiger partial charge in [-0.25, -0.2) is 19.6 Å². The van der Waals surface area contributed by atoms with Crippen molar-refractivity contribution in [1.82, 2.24) is 34.8 Å².